The lowest BCUT2D eigenvalue weighted by Crippen LogP contribution is -2.38. The van der Waals surface area contributed by atoms with E-state index >= 15 is 0 Å². The van der Waals surface area contributed by atoms with Gasteiger partial charge in [0.05, 0.1) is 12.6 Å². The first-order valence-electron chi connectivity index (χ1n) is 3.98. The van der Waals surface area contributed by atoms with Gasteiger partial charge in [0.2, 0.25) is 0 Å². The van der Waals surface area contributed by atoms with Crippen molar-refractivity contribution in [3.8, 4) is 0 Å². The fourth-order valence-corrected chi connectivity index (χ4v) is 1.56. The number of amides is 1. The first-order valence-corrected chi connectivity index (χ1v) is 4.39. The van der Waals surface area contributed by atoms with Gasteiger partial charge in [-0.25, -0.2) is 0 Å². The monoisotopic (exact) mass is 200 g/mol. The summed E-state index contributed by atoms with van der Waals surface area (Å²) in [5.74, 6) is -0.195. The van der Waals surface area contributed by atoms with Crippen molar-refractivity contribution in [3.63, 3.8) is 0 Å². The Morgan fingerprint density at radius 2 is 2.54 bits per heavy atom. The molecule has 2 atom stereocenters. The third kappa shape index (κ3) is 1.71. The smallest absolute Gasteiger partial charge is 0.254 e. The SMILES string of the molecule is C=CC(C)N1C(=O)[C@@H](CO)NC1=S. The molecule has 5 heteroatoms. The number of nitrogens with zero attached hydrogens (tertiary/aromatic N) is 1. The largest absolute Gasteiger partial charge is 0.394 e. The van der Waals surface area contributed by atoms with E-state index in [4.69, 9.17) is 17.3 Å². The van der Waals surface area contributed by atoms with E-state index in [1.54, 1.807) is 6.08 Å². The van der Waals surface area contributed by atoms with Gasteiger partial charge >= 0.3 is 0 Å². The number of nitrogens with one attached hydrogen (secondary N) is 1. The summed E-state index contributed by atoms with van der Waals surface area (Å²) >= 11 is 4.94. The highest BCUT2D eigenvalue weighted by atomic mass is 32.1. The molecule has 13 heavy (non-hydrogen) atoms. The molecule has 1 heterocycles. The Hall–Kier alpha value is -0.940. The lowest BCUT2D eigenvalue weighted by atomic mass is 10.2. The van der Waals surface area contributed by atoms with Crippen LogP contribution in [0.2, 0.25) is 0 Å². The Bertz CT molecular complexity index is 255. The Balaban J connectivity index is 2.81. The highest BCUT2D eigenvalue weighted by Gasteiger charge is 2.36. The Morgan fingerprint density at radius 3 is 2.92 bits per heavy atom. The summed E-state index contributed by atoms with van der Waals surface area (Å²) in [6, 6.07) is -0.723. The van der Waals surface area contributed by atoms with Crippen LogP contribution in [0.4, 0.5) is 0 Å². The summed E-state index contributed by atoms with van der Waals surface area (Å²) < 4.78 is 0. The predicted molar refractivity (Wildman–Crippen MR) is 53.1 cm³/mol. The molecular weight excluding hydrogens is 188 g/mol. The topological polar surface area (TPSA) is 52.6 Å². The van der Waals surface area contributed by atoms with Gasteiger partial charge in [0, 0.05) is 0 Å². The second kappa shape index (κ2) is 3.85. The minimum atomic E-state index is -0.588. The molecule has 1 unspecified atom stereocenters. The zero-order valence-electron chi connectivity index (χ0n) is 7.36. The number of aliphatic hydroxyl groups excluding tert-OH is 1. The molecule has 0 bridgehead atoms. The van der Waals surface area contributed by atoms with Gasteiger partial charge in [0.15, 0.2) is 5.11 Å². The first-order chi connectivity index (χ1) is 6.11. The number of hydrogen-bond donors (Lipinski definition) is 2. The van der Waals surface area contributed by atoms with Gasteiger partial charge in [-0.3, -0.25) is 9.69 Å². The maximum absolute atomic E-state index is 11.5. The highest BCUT2D eigenvalue weighted by molar-refractivity contribution is 7.80. The molecule has 1 rings (SSSR count). The van der Waals surface area contributed by atoms with Crippen LogP contribution >= 0.6 is 12.2 Å². The standard InChI is InChI=1S/C8H12N2O2S/c1-3-5(2)10-7(12)6(4-11)9-8(10)13/h3,5-6,11H,1,4H2,2H3,(H,9,13)/t5?,6-/m1/s1. The molecule has 72 valence electrons. The van der Waals surface area contributed by atoms with Crippen LogP contribution < -0.4 is 5.32 Å². The lowest BCUT2D eigenvalue weighted by Gasteiger charge is -2.19. The molecule has 0 saturated carbocycles. The van der Waals surface area contributed by atoms with Crippen LogP contribution in [0.3, 0.4) is 0 Å². The average Bonchev–Trinajstić information content (AvgIpc) is 2.40. The molecule has 0 aromatic heterocycles. The minimum Gasteiger partial charge on any atom is -0.394 e. The molecule has 1 fully saturated rings. The summed E-state index contributed by atoms with van der Waals surface area (Å²) in [6.07, 6.45) is 1.63. The van der Waals surface area contributed by atoms with Crippen LogP contribution in [0.5, 0.6) is 0 Å². The van der Waals surface area contributed by atoms with Crippen LogP contribution in [0, 0.1) is 0 Å². The van der Waals surface area contributed by atoms with E-state index in [2.05, 4.69) is 11.9 Å². The van der Waals surface area contributed by atoms with E-state index in [1.807, 2.05) is 6.92 Å². The van der Waals surface area contributed by atoms with E-state index in [0.717, 1.165) is 0 Å². The fraction of sp³-hybridized carbons (Fsp3) is 0.500. The molecule has 0 aromatic carbocycles. The van der Waals surface area contributed by atoms with Gasteiger partial charge in [-0.2, -0.15) is 0 Å². The van der Waals surface area contributed by atoms with Crippen LogP contribution in [0.25, 0.3) is 0 Å². The predicted octanol–water partition coefficient (Wildman–Crippen LogP) is -0.362. The molecule has 0 spiro atoms. The van der Waals surface area contributed by atoms with Crippen molar-refractivity contribution < 1.29 is 9.90 Å². The zero-order chi connectivity index (χ0) is 10.0. The van der Waals surface area contributed by atoms with Crippen molar-refractivity contribution in [2.75, 3.05) is 6.61 Å². The Labute approximate surface area is 82.2 Å². The van der Waals surface area contributed by atoms with Crippen LogP contribution in [0.15, 0.2) is 12.7 Å². The molecule has 0 aromatic rings. The summed E-state index contributed by atoms with van der Waals surface area (Å²) in [7, 11) is 0. The van der Waals surface area contributed by atoms with Crippen molar-refractivity contribution >= 4 is 23.2 Å². The summed E-state index contributed by atoms with van der Waals surface area (Å²) in [6.45, 7) is 5.16. The van der Waals surface area contributed by atoms with Crippen molar-refractivity contribution in [1.29, 1.82) is 0 Å². The molecule has 1 amide bonds. The van der Waals surface area contributed by atoms with Gasteiger partial charge < -0.3 is 10.4 Å². The third-order valence-corrected chi connectivity index (χ3v) is 2.30. The number of thiocarbonyl (C=S) groups is 1. The zero-order valence-corrected chi connectivity index (χ0v) is 8.17. The second-order valence-corrected chi connectivity index (χ2v) is 3.26. The van der Waals surface area contributed by atoms with Gasteiger partial charge in [0.1, 0.15) is 6.04 Å². The van der Waals surface area contributed by atoms with Gasteiger partial charge in [0.25, 0.3) is 5.91 Å². The van der Waals surface area contributed by atoms with Gasteiger partial charge in [-0.05, 0) is 19.1 Å². The molecule has 1 saturated heterocycles. The van der Waals surface area contributed by atoms with E-state index in [-0.39, 0.29) is 18.6 Å². The normalized spacial score (nSPS) is 24.5. The summed E-state index contributed by atoms with van der Waals surface area (Å²) in [5, 5.41) is 11.9. The van der Waals surface area contributed by atoms with Crippen molar-refractivity contribution in [3.05, 3.63) is 12.7 Å². The minimum absolute atomic E-state index is 0.135. The van der Waals surface area contributed by atoms with E-state index in [9.17, 15) is 4.79 Å². The van der Waals surface area contributed by atoms with E-state index in [0.29, 0.717) is 5.11 Å². The second-order valence-electron chi connectivity index (χ2n) is 2.87. The molecular formula is C8H12N2O2S. The lowest BCUT2D eigenvalue weighted by molar-refractivity contribution is -0.128. The molecule has 0 radical (unpaired) electrons. The molecule has 2 N–H and O–H groups in total. The third-order valence-electron chi connectivity index (χ3n) is 1.98. The number of hydrogen-bond acceptors (Lipinski definition) is 3. The number of carbonyl (C=O) groups is 1. The molecule has 4 nitrogen and oxygen atoms in total. The van der Waals surface area contributed by atoms with Gasteiger partial charge in [-0.1, -0.05) is 6.08 Å². The molecule has 0 aliphatic carbocycles. The maximum atomic E-state index is 11.5. The summed E-state index contributed by atoms with van der Waals surface area (Å²) in [4.78, 5) is 12.9. The Kier molecular flexibility index (Phi) is 3.00. The molecule has 1 aliphatic rings. The summed E-state index contributed by atoms with van der Waals surface area (Å²) in [5.41, 5.74) is 0. The first kappa shape index (κ1) is 10.1. The highest BCUT2D eigenvalue weighted by Crippen LogP contribution is 2.11. The van der Waals surface area contributed by atoms with Crippen molar-refractivity contribution in [2.24, 2.45) is 0 Å². The fourth-order valence-electron chi connectivity index (χ4n) is 1.16. The van der Waals surface area contributed by atoms with Crippen molar-refractivity contribution in [2.45, 2.75) is 19.0 Å². The van der Waals surface area contributed by atoms with Crippen LogP contribution in [-0.2, 0) is 4.79 Å². The Morgan fingerprint density at radius 1 is 1.92 bits per heavy atom. The van der Waals surface area contributed by atoms with Crippen molar-refractivity contribution in [1.82, 2.24) is 10.2 Å². The van der Waals surface area contributed by atoms with Crippen LogP contribution in [-0.4, -0.2) is 39.7 Å². The van der Waals surface area contributed by atoms with Crippen LogP contribution in [0.1, 0.15) is 6.92 Å². The van der Waals surface area contributed by atoms with E-state index < -0.39 is 6.04 Å². The average molecular weight is 200 g/mol. The molecule has 1 aliphatic heterocycles. The maximum Gasteiger partial charge on any atom is 0.254 e. The van der Waals surface area contributed by atoms with E-state index in [1.165, 1.54) is 4.90 Å². The number of carbonyl (C=O) groups excluding carboxylic acids is 1. The number of aliphatic hydroxyl groups is 1. The number of rotatable bonds is 3. The quantitative estimate of drug-likeness (QED) is 0.482. The van der Waals surface area contributed by atoms with Gasteiger partial charge in [-0.15, -0.1) is 6.58 Å².